The van der Waals surface area contributed by atoms with E-state index in [4.69, 9.17) is 9.84 Å². The molecule has 1 rings (SSSR count). The van der Waals surface area contributed by atoms with Crippen molar-refractivity contribution in [1.29, 1.82) is 0 Å². The van der Waals surface area contributed by atoms with E-state index in [-0.39, 0.29) is 5.95 Å². The molecule has 1 aliphatic rings. The summed E-state index contributed by atoms with van der Waals surface area (Å²) in [5.74, 6) is -0.149. The first-order valence-corrected chi connectivity index (χ1v) is 2.71. The summed E-state index contributed by atoms with van der Waals surface area (Å²) in [5.41, 5.74) is -0.815. The Hall–Kier alpha value is -0.990. The first kappa shape index (κ1) is 6.13. The van der Waals surface area contributed by atoms with Crippen molar-refractivity contribution >= 4 is 6.29 Å². The molecule has 1 atom stereocenters. The monoisotopic (exact) mass is 128 g/mol. The summed E-state index contributed by atoms with van der Waals surface area (Å²) in [7, 11) is 0. The second-order valence-corrected chi connectivity index (χ2v) is 2.28. The van der Waals surface area contributed by atoms with Crippen molar-refractivity contribution in [2.45, 2.75) is 18.9 Å². The third-order valence-corrected chi connectivity index (χ3v) is 1.27. The van der Waals surface area contributed by atoms with Crippen molar-refractivity contribution in [3.05, 3.63) is 12.0 Å². The predicted molar refractivity (Wildman–Crippen MR) is 30.9 cm³/mol. The van der Waals surface area contributed by atoms with Gasteiger partial charge < -0.3 is 9.84 Å². The Morgan fingerprint density at radius 2 is 2.67 bits per heavy atom. The Kier molecular flexibility index (Phi) is 1.20. The number of carbonyl (C=O) groups excluding carboxylic acids is 1. The third-order valence-electron chi connectivity index (χ3n) is 1.27. The molecule has 0 aromatic rings. The number of ether oxygens (including phenoxy) is 1. The van der Waals surface area contributed by atoms with Crippen molar-refractivity contribution in [2.24, 2.45) is 0 Å². The molecule has 3 nitrogen and oxygen atoms in total. The van der Waals surface area contributed by atoms with E-state index >= 15 is 0 Å². The lowest BCUT2D eigenvalue weighted by atomic mass is 10.1. The summed E-state index contributed by atoms with van der Waals surface area (Å²) >= 11 is 0. The quantitative estimate of drug-likeness (QED) is 0.530. The van der Waals surface area contributed by atoms with Crippen LogP contribution in [0, 0.1) is 0 Å². The summed E-state index contributed by atoms with van der Waals surface area (Å²) in [4.78, 5) is 10.2. The summed E-state index contributed by atoms with van der Waals surface area (Å²) < 4.78 is 4.75. The van der Waals surface area contributed by atoms with Gasteiger partial charge in [0.1, 0.15) is 0 Å². The Labute approximate surface area is 52.9 Å². The maximum Gasteiger partial charge on any atom is 0.273 e. The highest BCUT2D eigenvalue weighted by molar-refractivity contribution is 5.63. The Bertz CT molecular complexity index is 162. The number of carbonyl (C=O) groups is 1. The van der Waals surface area contributed by atoms with Crippen LogP contribution in [0.5, 0.6) is 0 Å². The fourth-order valence-corrected chi connectivity index (χ4v) is 0.684. The second kappa shape index (κ2) is 1.76. The van der Waals surface area contributed by atoms with Gasteiger partial charge in [-0.25, -0.2) is 0 Å². The van der Waals surface area contributed by atoms with E-state index in [1.165, 1.54) is 6.08 Å². The van der Waals surface area contributed by atoms with E-state index in [2.05, 4.69) is 0 Å². The second-order valence-electron chi connectivity index (χ2n) is 2.28. The molecule has 0 aromatic carbocycles. The SMILES string of the molecule is CC1(C=O)CC=C(O)O1. The Morgan fingerprint density at radius 3 is 2.89 bits per heavy atom. The van der Waals surface area contributed by atoms with E-state index in [1.807, 2.05) is 0 Å². The minimum atomic E-state index is -0.815. The molecule has 1 heterocycles. The molecule has 0 radical (unpaired) electrons. The molecule has 0 aliphatic carbocycles. The van der Waals surface area contributed by atoms with Crippen LogP contribution in [0.2, 0.25) is 0 Å². The van der Waals surface area contributed by atoms with E-state index in [9.17, 15) is 4.79 Å². The molecule has 0 aromatic heterocycles. The van der Waals surface area contributed by atoms with Gasteiger partial charge in [0.2, 0.25) is 0 Å². The maximum absolute atomic E-state index is 10.2. The minimum absolute atomic E-state index is 0.149. The van der Waals surface area contributed by atoms with Gasteiger partial charge in [0.05, 0.1) is 0 Å². The average Bonchev–Trinajstić information content (AvgIpc) is 2.13. The van der Waals surface area contributed by atoms with Gasteiger partial charge in [-0.05, 0) is 6.92 Å². The summed E-state index contributed by atoms with van der Waals surface area (Å²) in [6.07, 6.45) is 2.63. The Morgan fingerprint density at radius 1 is 2.00 bits per heavy atom. The largest absolute Gasteiger partial charge is 0.481 e. The normalized spacial score (nSPS) is 33.2. The van der Waals surface area contributed by atoms with Crippen LogP contribution in [-0.2, 0) is 9.53 Å². The van der Waals surface area contributed by atoms with Crippen molar-refractivity contribution in [3.8, 4) is 0 Å². The number of hydrogen-bond acceptors (Lipinski definition) is 3. The first-order chi connectivity index (χ1) is 4.16. The lowest BCUT2D eigenvalue weighted by Crippen LogP contribution is -2.25. The molecular weight excluding hydrogens is 120 g/mol. The Balaban J connectivity index is 2.63. The summed E-state index contributed by atoms with van der Waals surface area (Å²) in [6, 6.07) is 0. The molecule has 0 fully saturated rings. The summed E-state index contributed by atoms with van der Waals surface area (Å²) in [6.45, 7) is 1.62. The predicted octanol–water partition coefficient (Wildman–Crippen LogP) is 0.764. The minimum Gasteiger partial charge on any atom is -0.481 e. The highest BCUT2D eigenvalue weighted by Crippen LogP contribution is 2.23. The highest BCUT2D eigenvalue weighted by atomic mass is 16.6. The van der Waals surface area contributed by atoms with Crippen molar-refractivity contribution < 1.29 is 14.6 Å². The molecule has 1 N–H and O–H groups in total. The number of rotatable bonds is 1. The molecule has 0 spiro atoms. The lowest BCUT2D eigenvalue weighted by Gasteiger charge is -2.14. The van der Waals surface area contributed by atoms with Crippen molar-refractivity contribution in [1.82, 2.24) is 0 Å². The molecule has 3 heteroatoms. The van der Waals surface area contributed by atoms with Crippen LogP contribution < -0.4 is 0 Å². The molecule has 1 aliphatic heterocycles. The van der Waals surface area contributed by atoms with Gasteiger partial charge >= 0.3 is 0 Å². The molecule has 0 bridgehead atoms. The lowest BCUT2D eigenvalue weighted by molar-refractivity contribution is -0.125. The fraction of sp³-hybridized carbons (Fsp3) is 0.500. The van der Waals surface area contributed by atoms with Crippen molar-refractivity contribution in [2.75, 3.05) is 0 Å². The van der Waals surface area contributed by atoms with Gasteiger partial charge in [-0.2, -0.15) is 0 Å². The zero-order chi connectivity index (χ0) is 6.91. The van der Waals surface area contributed by atoms with Gasteiger partial charge in [-0.3, -0.25) is 4.79 Å². The van der Waals surface area contributed by atoms with E-state index in [0.717, 1.165) is 0 Å². The number of aldehydes is 1. The van der Waals surface area contributed by atoms with Crippen LogP contribution in [0.25, 0.3) is 0 Å². The van der Waals surface area contributed by atoms with E-state index in [1.54, 1.807) is 6.92 Å². The number of aliphatic hydroxyl groups excluding tert-OH is 1. The number of aliphatic hydroxyl groups is 1. The van der Waals surface area contributed by atoms with Crippen LogP contribution in [0.15, 0.2) is 12.0 Å². The molecule has 9 heavy (non-hydrogen) atoms. The van der Waals surface area contributed by atoms with Gasteiger partial charge in [0.25, 0.3) is 5.95 Å². The zero-order valence-electron chi connectivity index (χ0n) is 5.13. The topological polar surface area (TPSA) is 46.5 Å². The fourth-order valence-electron chi connectivity index (χ4n) is 0.684. The third kappa shape index (κ3) is 1.04. The maximum atomic E-state index is 10.2. The first-order valence-electron chi connectivity index (χ1n) is 2.71. The van der Waals surface area contributed by atoms with Crippen molar-refractivity contribution in [3.63, 3.8) is 0 Å². The van der Waals surface area contributed by atoms with Gasteiger partial charge in [0, 0.05) is 12.5 Å². The average molecular weight is 128 g/mol. The van der Waals surface area contributed by atoms with Crippen LogP contribution in [0.4, 0.5) is 0 Å². The van der Waals surface area contributed by atoms with Crippen LogP contribution in [-0.4, -0.2) is 17.0 Å². The smallest absolute Gasteiger partial charge is 0.273 e. The van der Waals surface area contributed by atoms with Crippen LogP contribution >= 0.6 is 0 Å². The molecule has 50 valence electrons. The van der Waals surface area contributed by atoms with Gasteiger partial charge in [0.15, 0.2) is 11.9 Å². The molecule has 0 amide bonds. The standard InChI is InChI=1S/C6H8O3/c1-6(4-7)3-2-5(8)9-6/h2,4,8H,3H2,1H3. The zero-order valence-corrected chi connectivity index (χ0v) is 5.13. The molecule has 1 unspecified atom stereocenters. The van der Waals surface area contributed by atoms with E-state index < -0.39 is 5.60 Å². The molecular formula is C6H8O3. The van der Waals surface area contributed by atoms with E-state index in [0.29, 0.717) is 12.7 Å². The molecule has 0 saturated carbocycles. The molecule has 0 saturated heterocycles. The van der Waals surface area contributed by atoms with Gasteiger partial charge in [-0.1, -0.05) is 0 Å². The van der Waals surface area contributed by atoms with Crippen LogP contribution in [0.1, 0.15) is 13.3 Å². The van der Waals surface area contributed by atoms with Crippen LogP contribution in [0.3, 0.4) is 0 Å². The highest BCUT2D eigenvalue weighted by Gasteiger charge is 2.30. The summed E-state index contributed by atoms with van der Waals surface area (Å²) in [5, 5.41) is 8.68. The number of hydrogen-bond donors (Lipinski definition) is 1. The van der Waals surface area contributed by atoms with Gasteiger partial charge in [-0.15, -0.1) is 0 Å².